The number of H-pyrrole nitrogens is 1. The van der Waals surface area contributed by atoms with Gasteiger partial charge in [-0.15, -0.1) is 0 Å². The second kappa shape index (κ2) is 5.73. The lowest BCUT2D eigenvalue weighted by Gasteiger charge is -2.06. The largest absolute Gasteiger partial charge is 0.494 e. The molecule has 20 heavy (non-hydrogen) atoms. The molecule has 1 aromatic heterocycles. The van der Waals surface area contributed by atoms with Gasteiger partial charge >= 0.3 is 0 Å². The van der Waals surface area contributed by atoms with E-state index in [1.54, 1.807) is 6.07 Å². The minimum atomic E-state index is -0.482. The number of carbonyl (C=O) groups is 1. The van der Waals surface area contributed by atoms with Gasteiger partial charge in [-0.2, -0.15) is 5.10 Å². The van der Waals surface area contributed by atoms with Crippen LogP contribution in [0.15, 0.2) is 18.2 Å². The van der Waals surface area contributed by atoms with Gasteiger partial charge in [-0.05, 0) is 31.5 Å². The second-order valence-electron chi connectivity index (χ2n) is 4.52. The molecule has 2 rings (SSSR count). The number of methoxy groups -OCH3 is 1. The highest BCUT2D eigenvalue weighted by molar-refractivity contribution is 5.92. The van der Waals surface area contributed by atoms with Crippen LogP contribution in [0.1, 0.15) is 16.8 Å². The maximum atomic E-state index is 13.5. The first-order chi connectivity index (χ1) is 9.51. The number of hydrogen-bond donors (Lipinski definition) is 2. The van der Waals surface area contributed by atoms with E-state index in [1.165, 1.54) is 19.2 Å². The highest BCUT2D eigenvalue weighted by Gasteiger charge is 2.11. The van der Waals surface area contributed by atoms with Gasteiger partial charge in [0.25, 0.3) is 0 Å². The third-order valence-corrected chi connectivity index (χ3v) is 3.09. The van der Waals surface area contributed by atoms with Crippen molar-refractivity contribution in [2.24, 2.45) is 0 Å². The molecule has 1 amide bonds. The van der Waals surface area contributed by atoms with E-state index in [0.29, 0.717) is 11.4 Å². The number of aryl methyl sites for hydroxylation is 1. The summed E-state index contributed by atoms with van der Waals surface area (Å²) in [5.41, 5.74) is 2.36. The van der Waals surface area contributed by atoms with Gasteiger partial charge in [0.05, 0.1) is 13.5 Å². The first kappa shape index (κ1) is 14.0. The summed E-state index contributed by atoms with van der Waals surface area (Å²) in [6.07, 6.45) is 0.0757. The third kappa shape index (κ3) is 2.96. The van der Waals surface area contributed by atoms with E-state index < -0.39 is 5.82 Å². The van der Waals surface area contributed by atoms with Gasteiger partial charge in [0, 0.05) is 11.3 Å². The van der Waals surface area contributed by atoms with Crippen LogP contribution in [-0.4, -0.2) is 23.2 Å². The molecule has 0 fully saturated rings. The zero-order valence-electron chi connectivity index (χ0n) is 11.6. The first-order valence-corrected chi connectivity index (χ1v) is 6.15. The fourth-order valence-corrected chi connectivity index (χ4v) is 1.79. The average molecular weight is 277 g/mol. The van der Waals surface area contributed by atoms with Crippen LogP contribution >= 0.6 is 0 Å². The standard InChI is InChI=1S/C14H16FN3O2/c1-8-9(2)17-18-14(8)16-13(19)7-10-4-5-12(20-3)11(15)6-10/h4-6H,7H2,1-3H3,(H2,16,17,18,19). The summed E-state index contributed by atoms with van der Waals surface area (Å²) in [5.74, 6) is -0.0665. The number of benzene rings is 1. The molecule has 0 unspecified atom stereocenters. The number of nitrogens with one attached hydrogen (secondary N) is 2. The molecular formula is C14H16FN3O2. The number of carbonyl (C=O) groups excluding carboxylic acids is 1. The summed E-state index contributed by atoms with van der Waals surface area (Å²) in [7, 11) is 1.40. The van der Waals surface area contributed by atoms with Crippen LogP contribution in [-0.2, 0) is 11.2 Å². The van der Waals surface area contributed by atoms with Crippen LogP contribution in [0.3, 0.4) is 0 Å². The summed E-state index contributed by atoms with van der Waals surface area (Å²) in [6, 6.07) is 4.45. The Morgan fingerprint density at radius 2 is 2.20 bits per heavy atom. The van der Waals surface area contributed by atoms with E-state index in [0.717, 1.165) is 11.3 Å². The molecule has 0 aliphatic carbocycles. The maximum Gasteiger partial charge on any atom is 0.230 e. The Kier molecular flexibility index (Phi) is 4.02. The molecular weight excluding hydrogens is 261 g/mol. The van der Waals surface area contributed by atoms with Crippen molar-refractivity contribution in [1.29, 1.82) is 0 Å². The predicted octanol–water partition coefficient (Wildman–Crippen LogP) is 2.36. The van der Waals surface area contributed by atoms with E-state index >= 15 is 0 Å². The fourth-order valence-electron chi connectivity index (χ4n) is 1.79. The van der Waals surface area contributed by atoms with Gasteiger partial charge in [0.2, 0.25) is 5.91 Å². The number of halogens is 1. The molecule has 0 bridgehead atoms. The number of aromatic amines is 1. The van der Waals surface area contributed by atoms with Gasteiger partial charge in [0.1, 0.15) is 0 Å². The lowest BCUT2D eigenvalue weighted by Crippen LogP contribution is -2.15. The number of amides is 1. The molecule has 0 saturated heterocycles. The minimum Gasteiger partial charge on any atom is -0.494 e. The fraction of sp³-hybridized carbons (Fsp3) is 0.286. The van der Waals surface area contributed by atoms with E-state index in [9.17, 15) is 9.18 Å². The van der Waals surface area contributed by atoms with E-state index in [1.807, 2.05) is 13.8 Å². The Balaban J connectivity index is 2.05. The van der Waals surface area contributed by atoms with E-state index in [2.05, 4.69) is 15.5 Å². The van der Waals surface area contributed by atoms with Gasteiger partial charge in [-0.3, -0.25) is 9.89 Å². The van der Waals surface area contributed by atoms with Crippen LogP contribution in [0.4, 0.5) is 10.2 Å². The summed E-state index contributed by atoms with van der Waals surface area (Å²) in [4.78, 5) is 11.9. The highest BCUT2D eigenvalue weighted by atomic mass is 19.1. The van der Waals surface area contributed by atoms with Gasteiger partial charge in [-0.1, -0.05) is 6.07 Å². The van der Waals surface area contributed by atoms with Crippen LogP contribution < -0.4 is 10.1 Å². The zero-order chi connectivity index (χ0) is 14.7. The van der Waals surface area contributed by atoms with Crippen LogP contribution in [0.2, 0.25) is 0 Å². The quantitative estimate of drug-likeness (QED) is 0.901. The molecule has 0 spiro atoms. The molecule has 0 saturated carbocycles. The summed E-state index contributed by atoms with van der Waals surface area (Å²) in [5, 5.41) is 9.47. The molecule has 6 heteroatoms. The Morgan fingerprint density at radius 1 is 1.45 bits per heavy atom. The normalized spacial score (nSPS) is 10.4. The van der Waals surface area contributed by atoms with Crippen molar-refractivity contribution in [3.05, 3.63) is 40.8 Å². The number of anilines is 1. The molecule has 0 radical (unpaired) electrons. The minimum absolute atomic E-state index is 0.0757. The number of ether oxygens (including phenoxy) is 1. The number of hydrogen-bond acceptors (Lipinski definition) is 3. The highest BCUT2D eigenvalue weighted by Crippen LogP contribution is 2.19. The Bertz CT molecular complexity index is 637. The summed E-state index contributed by atoms with van der Waals surface area (Å²) >= 11 is 0. The molecule has 0 atom stereocenters. The molecule has 1 aromatic carbocycles. The van der Waals surface area contributed by atoms with E-state index in [-0.39, 0.29) is 18.1 Å². The van der Waals surface area contributed by atoms with E-state index in [4.69, 9.17) is 4.74 Å². The van der Waals surface area contributed by atoms with Crippen LogP contribution in [0.5, 0.6) is 5.75 Å². The van der Waals surface area contributed by atoms with Crippen molar-refractivity contribution in [2.75, 3.05) is 12.4 Å². The Morgan fingerprint density at radius 3 is 2.75 bits per heavy atom. The topological polar surface area (TPSA) is 67.0 Å². The van der Waals surface area contributed by atoms with Gasteiger partial charge in [-0.25, -0.2) is 4.39 Å². The van der Waals surface area contributed by atoms with Gasteiger partial charge in [0.15, 0.2) is 17.4 Å². The Hall–Kier alpha value is -2.37. The number of aromatic nitrogens is 2. The van der Waals surface area contributed by atoms with Crippen molar-refractivity contribution < 1.29 is 13.9 Å². The summed E-state index contributed by atoms with van der Waals surface area (Å²) < 4.78 is 18.4. The van der Waals surface area contributed by atoms with Crippen molar-refractivity contribution in [3.8, 4) is 5.75 Å². The zero-order valence-corrected chi connectivity index (χ0v) is 11.6. The van der Waals surface area contributed by atoms with Crippen molar-refractivity contribution >= 4 is 11.7 Å². The molecule has 1 heterocycles. The maximum absolute atomic E-state index is 13.5. The molecule has 2 N–H and O–H groups in total. The van der Waals surface area contributed by atoms with Crippen molar-refractivity contribution in [2.45, 2.75) is 20.3 Å². The Labute approximate surface area is 116 Å². The average Bonchev–Trinajstić information content (AvgIpc) is 2.71. The summed E-state index contributed by atoms with van der Waals surface area (Å²) in [6.45, 7) is 3.73. The lowest BCUT2D eigenvalue weighted by molar-refractivity contribution is -0.115. The third-order valence-electron chi connectivity index (χ3n) is 3.09. The first-order valence-electron chi connectivity index (χ1n) is 6.15. The predicted molar refractivity (Wildman–Crippen MR) is 73.3 cm³/mol. The molecule has 0 aliphatic heterocycles. The molecule has 2 aromatic rings. The smallest absolute Gasteiger partial charge is 0.230 e. The SMILES string of the molecule is COc1ccc(CC(=O)Nc2n[nH]c(C)c2C)cc1F. The molecule has 0 aliphatic rings. The van der Waals surface area contributed by atoms with Crippen molar-refractivity contribution in [3.63, 3.8) is 0 Å². The monoisotopic (exact) mass is 277 g/mol. The number of rotatable bonds is 4. The van der Waals surface area contributed by atoms with Crippen LogP contribution in [0.25, 0.3) is 0 Å². The van der Waals surface area contributed by atoms with Crippen molar-refractivity contribution in [1.82, 2.24) is 10.2 Å². The second-order valence-corrected chi connectivity index (χ2v) is 4.52. The lowest BCUT2D eigenvalue weighted by atomic mass is 10.1. The molecule has 106 valence electrons. The molecule has 5 nitrogen and oxygen atoms in total. The number of nitrogens with zero attached hydrogens (tertiary/aromatic N) is 1. The van der Waals surface area contributed by atoms with Crippen LogP contribution in [0, 0.1) is 19.7 Å². The van der Waals surface area contributed by atoms with Gasteiger partial charge < -0.3 is 10.1 Å².